The van der Waals surface area contributed by atoms with Gasteiger partial charge in [0.15, 0.2) is 24.9 Å². The number of nitrogen functional groups attached to an aromatic ring is 1. The molecule has 0 spiro atoms. The zero-order valence-electron chi connectivity index (χ0n) is 18.9. The van der Waals surface area contributed by atoms with Gasteiger partial charge >= 0.3 is 0 Å². The Morgan fingerprint density at radius 1 is 1.17 bits per heavy atom. The number of piperidine rings is 1. The van der Waals surface area contributed by atoms with E-state index in [9.17, 15) is 0 Å². The van der Waals surface area contributed by atoms with Gasteiger partial charge in [0.2, 0.25) is 0 Å². The second kappa shape index (κ2) is 8.25. The van der Waals surface area contributed by atoms with Gasteiger partial charge in [0, 0.05) is 26.2 Å². The Hall–Kier alpha value is -1.42. The molecule has 0 unspecified atom stereocenters. The number of pyridine rings is 1. The first kappa shape index (κ1) is 21.8. The smallest absolute Gasteiger partial charge is 0.192 e. The third-order valence-corrected chi connectivity index (χ3v) is 12.2. The summed E-state index contributed by atoms with van der Waals surface area (Å²) < 4.78 is 13.2. The predicted molar refractivity (Wildman–Crippen MR) is 128 cm³/mol. The Kier molecular flexibility index (Phi) is 6.00. The summed E-state index contributed by atoms with van der Waals surface area (Å²) >= 11 is 1.66. The minimum absolute atomic E-state index is 0.210. The maximum atomic E-state index is 6.70. The first-order chi connectivity index (χ1) is 14.1. The van der Waals surface area contributed by atoms with E-state index in [1.807, 2.05) is 6.07 Å². The Balaban J connectivity index is 1.54. The van der Waals surface area contributed by atoms with Gasteiger partial charge in [0.1, 0.15) is 0 Å². The van der Waals surface area contributed by atoms with Gasteiger partial charge in [-0.15, -0.1) is 0 Å². The third kappa shape index (κ3) is 4.44. The molecule has 166 valence electrons. The molecule has 2 saturated heterocycles. The fourth-order valence-electron chi connectivity index (χ4n) is 3.82. The van der Waals surface area contributed by atoms with E-state index in [0.717, 1.165) is 79.2 Å². The second-order valence-corrected chi connectivity index (χ2v) is 15.7. The lowest BCUT2D eigenvalue weighted by Crippen LogP contribution is -2.49. The zero-order valence-corrected chi connectivity index (χ0v) is 20.7. The van der Waals surface area contributed by atoms with Crippen molar-refractivity contribution in [3.05, 3.63) is 6.07 Å². The van der Waals surface area contributed by atoms with Crippen LogP contribution in [0.5, 0.6) is 0 Å². The number of hydrogen-bond donors (Lipinski definition) is 1. The van der Waals surface area contributed by atoms with Crippen LogP contribution in [0.25, 0.3) is 10.3 Å². The van der Waals surface area contributed by atoms with E-state index >= 15 is 0 Å². The number of nitrogens with two attached hydrogens (primary N) is 1. The summed E-state index contributed by atoms with van der Waals surface area (Å²) in [5, 5.41) is 1.22. The van der Waals surface area contributed by atoms with Crippen molar-refractivity contribution in [1.29, 1.82) is 0 Å². The van der Waals surface area contributed by atoms with Gasteiger partial charge in [-0.3, -0.25) is 0 Å². The normalized spacial score (nSPS) is 21.4. The molecule has 0 amide bonds. The molecule has 30 heavy (non-hydrogen) atoms. The first-order valence-electron chi connectivity index (χ1n) is 11.0. The van der Waals surface area contributed by atoms with Crippen LogP contribution < -0.4 is 15.5 Å². The molecule has 2 aliphatic heterocycles. The maximum absolute atomic E-state index is 6.70. The molecule has 4 rings (SSSR count). The monoisotopic (exact) mass is 449 g/mol. The Morgan fingerprint density at radius 3 is 2.60 bits per heavy atom. The molecule has 4 heterocycles. The van der Waals surface area contributed by atoms with E-state index in [0.29, 0.717) is 0 Å². The average Bonchev–Trinajstić information content (AvgIpc) is 3.10. The van der Waals surface area contributed by atoms with E-state index in [1.165, 1.54) is 0 Å². The highest BCUT2D eigenvalue weighted by atomic mass is 32.1. The van der Waals surface area contributed by atoms with Crippen LogP contribution in [0.15, 0.2) is 6.07 Å². The molecule has 2 fully saturated rings. The largest absolute Gasteiger partial charge is 0.412 e. The molecule has 0 aromatic carbocycles. The Labute approximate surface area is 184 Å². The van der Waals surface area contributed by atoms with E-state index < -0.39 is 8.32 Å². The topological polar surface area (TPSA) is 76.7 Å². The first-order valence-corrected chi connectivity index (χ1v) is 14.7. The van der Waals surface area contributed by atoms with Gasteiger partial charge in [-0.05, 0) is 37.0 Å². The van der Waals surface area contributed by atoms with Crippen molar-refractivity contribution in [3.8, 4) is 0 Å². The highest BCUT2D eigenvalue weighted by Gasteiger charge is 2.40. The van der Waals surface area contributed by atoms with Crippen molar-refractivity contribution in [2.75, 3.05) is 54.9 Å². The third-order valence-electron chi connectivity index (χ3n) is 6.61. The highest BCUT2D eigenvalue weighted by molar-refractivity contribution is 7.22. The summed E-state index contributed by atoms with van der Waals surface area (Å²) in [5.41, 5.74) is 7.98. The summed E-state index contributed by atoms with van der Waals surface area (Å²) in [7, 11) is -1.80. The lowest BCUT2D eigenvalue weighted by atomic mass is 10.1. The van der Waals surface area contributed by atoms with Crippen LogP contribution in [0.2, 0.25) is 18.1 Å². The number of fused-ring (bicyclic) bond motifs is 1. The minimum Gasteiger partial charge on any atom is -0.412 e. The van der Waals surface area contributed by atoms with Crippen molar-refractivity contribution >= 4 is 46.6 Å². The minimum atomic E-state index is -1.80. The summed E-state index contributed by atoms with van der Waals surface area (Å²) in [4.78, 5) is 14.3. The fraction of sp³-hybridized carbons (Fsp3) is 0.714. The SMILES string of the molecule is CC(C)(C)[Si](C)(C)O[C@H]1CCCN(c2nc3nc(N4CCOCC4)sc3cc2N)C1. The summed E-state index contributed by atoms with van der Waals surface area (Å²) in [6.07, 6.45) is 2.42. The highest BCUT2D eigenvalue weighted by Crippen LogP contribution is 2.39. The number of ether oxygens (including phenoxy) is 1. The maximum Gasteiger partial charge on any atom is 0.192 e. The number of hydrogen-bond acceptors (Lipinski definition) is 8. The summed E-state index contributed by atoms with van der Waals surface area (Å²) in [5.74, 6) is 0.852. The Bertz CT molecular complexity index is 891. The summed E-state index contributed by atoms with van der Waals surface area (Å²) in [6.45, 7) is 16.6. The van der Waals surface area contributed by atoms with E-state index in [-0.39, 0.29) is 11.1 Å². The van der Waals surface area contributed by atoms with Crippen LogP contribution in [0.1, 0.15) is 33.6 Å². The van der Waals surface area contributed by atoms with Crippen LogP contribution in [0, 0.1) is 0 Å². The van der Waals surface area contributed by atoms with Crippen molar-refractivity contribution in [1.82, 2.24) is 9.97 Å². The van der Waals surface area contributed by atoms with Crippen molar-refractivity contribution < 1.29 is 9.16 Å². The predicted octanol–water partition coefficient (Wildman–Crippen LogP) is 4.10. The van der Waals surface area contributed by atoms with Gasteiger partial charge in [0.25, 0.3) is 0 Å². The fourth-order valence-corrected chi connectivity index (χ4v) is 6.21. The lowest BCUT2D eigenvalue weighted by molar-refractivity contribution is 0.122. The molecule has 2 aromatic rings. The number of thiazole rings is 1. The van der Waals surface area contributed by atoms with Crippen LogP contribution in [-0.4, -0.2) is 63.8 Å². The molecular formula is C21H35N5O2SSi. The summed E-state index contributed by atoms with van der Waals surface area (Å²) in [6, 6.07) is 2.04. The molecule has 0 saturated carbocycles. The zero-order chi connectivity index (χ0) is 21.5. The van der Waals surface area contributed by atoms with Gasteiger partial charge in [-0.1, -0.05) is 32.1 Å². The van der Waals surface area contributed by atoms with Gasteiger partial charge < -0.3 is 24.7 Å². The van der Waals surface area contributed by atoms with Gasteiger partial charge in [-0.25, -0.2) is 4.98 Å². The molecule has 1 atom stereocenters. The molecule has 2 aromatic heterocycles. The number of rotatable bonds is 4. The van der Waals surface area contributed by atoms with Crippen molar-refractivity contribution in [2.24, 2.45) is 0 Å². The molecule has 0 bridgehead atoms. The number of nitrogens with zero attached hydrogens (tertiary/aromatic N) is 4. The molecule has 2 N–H and O–H groups in total. The standard InChI is InChI=1S/C21H35N5O2SSi/c1-21(2,3)30(4,5)28-15-7-6-8-26(14-15)19-16(22)13-17-18(23-19)24-20(29-17)25-9-11-27-12-10-25/h13,15H,6-12,14,22H2,1-5H3/t15-/m0/s1. The number of morpholine rings is 1. The van der Waals surface area contributed by atoms with Crippen molar-refractivity contribution in [2.45, 2.75) is 57.8 Å². The molecule has 0 radical (unpaired) electrons. The van der Waals surface area contributed by atoms with Crippen LogP contribution >= 0.6 is 11.3 Å². The quantitative estimate of drug-likeness (QED) is 0.704. The van der Waals surface area contributed by atoms with Crippen LogP contribution in [0.3, 0.4) is 0 Å². The number of anilines is 3. The number of aromatic nitrogens is 2. The van der Waals surface area contributed by atoms with E-state index in [1.54, 1.807) is 11.3 Å². The van der Waals surface area contributed by atoms with Gasteiger partial charge in [0.05, 0.1) is 29.7 Å². The average molecular weight is 450 g/mol. The molecular weight excluding hydrogens is 414 g/mol. The van der Waals surface area contributed by atoms with E-state index in [4.69, 9.17) is 24.9 Å². The van der Waals surface area contributed by atoms with E-state index in [2.05, 4.69) is 43.7 Å². The molecule has 0 aliphatic carbocycles. The molecule has 7 nitrogen and oxygen atoms in total. The molecule has 9 heteroatoms. The molecule has 2 aliphatic rings. The van der Waals surface area contributed by atoms with Crippen LogP contribution in [0.4, 0.5) is 16.6 Å². The van der Waals surface area contributed by atoms with Crippen LogP contribution in [-0.2, 0) is 9.16 Å². The second-order valence-electron chi connectivity index (χ2n) is 9.91. The Morgan fingerprint density at radius 2 is 1.90 bits per heavy atom. The lowest BCUT2D eigenvalue weighted by Gasteiger charge is -2.42. The van der Waals surface area contributed by atoms with Gasteiger partial charge in [-0.2, -0.15) is 4.98 Å². The van der Waals surface area contributed by atoms with Crippen molar-refractivity contribution in [3.63, 3.8) is 0 Å².